The summed E-state index contributed by atoms with van der Waals surface area (Å²) in [5.41, 5.74) is 3.51. The van der Waals surface area contributed by atoms with Crippen LogP contribution in [0.5, 0.6) is 0 Å². The maximum atomic E-state index is 12.3. The number of hydrogen-bond donors (Lipinski definition) is 1. The summed E-state index contributed by atoms with van der Waals surface area (Å²) in [6.07, 6.45) is 2.18. The van der Waals surface area contributed by atoms with Crippen LogP contribution in [0.25, 0.3) is 5.69 Å². The molecule has 3 rings (SSSR count). The van der Waals surface area contributed by atoms with Crippen molar-refractivity contribution < 1.29 is 4.79 Å². The summed E-state index contributed by atoms with van der Waals surface area (Å²) in [5.74, 6) is 0.676. The number of aromatic nitrogens is 3. The van der Waals surface area contributed by atoms with Crippen LogP contribution in [0.15, 0.2) is 59.8 Å². The average molecular weight is 352 g/mol. The van der Waals surface area contributed by atoms with E-state index >= 15 is 0 Å². The van der Waals surface area contributed by atoms with Gasteiger partial charge in [-0.3, -0.25) is 4.79 Å². The number of anilines is 1. The number of aryl methyl sites for hydroxylation is 1. The molecule has 2 aromatic heterocycles. The van der Waals surface area contributed by atoms with Crippen molar-refractivity contribution in [3.63, 3.8) is 0 Å². The summed E-state index contributed by atoms with van der Waals surface area (Å²) in [5, 5.41) is 8.48. The van der Waals surface area contributed by atoms with Gasteiger partial charge in [0.1, 0.15) is 0 Å². The third kappa shape index (κ3) is 4.28. The number of thioether (sulfide) groups is 1. The lowest BCUT2D eigenvalue weighted by Crippen LogP contribution is -2.13. The van der Waals surface area contributed by atoms with Gasteiger partial charge in [0.2, 0.25) is 5.91 Å². The molecule has 0 atom stereocenters. The van der Waals surface area contributed by atoms with E-state index in [1.54, 1.807) is 18.0 Å². The molecule has 0 fully saturated rings. The van der Waals surface area contributed by atoms with E-state index in [-0.39, 0.29) is 5.91 Å². The number of nitrogens with one attached hydrogen (secondary N) is 1. The first-order valence-electron chi connectivity index (χ1n) is 8.10. The summed E-state index contributed by atoms with van der Waals surface area (Å²) >= 11 is 1.58. The molecule has 3 aromatic rings. The van der Waals surface area contributed by atoms with Crippen LogP contribution in [0.1, 0.15) is 17.8 Å². The molecule has 0 saturated heterocycles. The van der Waals surface area contributed by atoms with Crippen molar-refractivity contribution in [1.29, 1.82) is 0 Å². The zero-order chi connectivity index (χ0) is 17.6. The van der Waals surface area contributed by atoms with Gasteiger partial charge in [0, 0.05) is 18.4 Å². The number of benzene rings is 1. The van der Waals surface area contributed by atoms with Crippen molar-refractivity contribution in [3.05, 3.63) is 66.1 Å². The molecular formula is C19H20N4OS. The highest BCUT2D eigenvalue weighted by molar-refractivity contribution is 7.99. The maximum Gasteiger partial charge on any atom is 0.225 e. The lowest BCUT2D eigenvalue weighted by molar-refractivity contribution is -0.115. The van der Waals surface area contributed by atoms with Crippen molar-refractivity contribution in [2.75, 3.05) is 11.1 Å². The highest BCUT2D eigenvalue weighted by Gasteiger charge is 2.15. The first-order chi connectivity index (χ1) is 12.1. The standard InChI is InChI=1S/C19H20N4OS/c1-14-19(15(2)23(22-14)16-8-4-3-5-9-16)21-17(24)11-13-25-18-10-6-7-12-20-18/h3-10,12H,11,13H2,1-2H3,(H,21,24). The molecule has 0 unspecified atom stereocenters. The third-order valence-electron chi connectivity index (χ3n) is 3.77. The first-order valence-corrected chi connectivity index (χ1v) is 9.09. The van der Waals surface area contributed by atoms with Crippen molar-refractivity contribution in [3.8, 4) is 5.69 Å². The van der Waals surface area contributed by atoms with E-state index in [4.69, 9.17) is 0 Å². The summed E-state index contributed by atoms with van der Waals surface area (Å²) in [4.78, 5) is 16.5. The van der Waals surface area contributed by atoms with Gasteiger partial charge < -0.3 is 5.32 Å². The van der Waals surface area contributed by atoms with E-state index < -0.39 is 0 Å². The summed E-state index contributed by atoms with van der Waals surface area (Å²) < 4.78 is 1.85. The minimum atomic E-state index is -0.0118. The van der Waals surface area contributed by atoms with Crippen LogP contribution >= 0.6 is 11.8 Å². The molecule has 0 aliphatic rings. The van der Waals surface area contributed by atoms with Gasteiger partial charge in [0.05, 0.1) is 27.8 Å². The van der Waals surface area contributed by atoms with Gasteiger partial charge >= 0.3 is 0 Å². The predicted octanol–water partition coefficient (Wildman–Crippen LogP) is 4.01. The smallest absolute Gasteiger partial charge is 0.225 e. The molecule has 128 valence electrons. The monoisotopic (exact) mass is 352 g/mol. The number of amides is 1. The van der Waals surface area contributed by atoms with Crippen LogP contribution in [0.3, 0.4) is 0 Å². The summed E-state index contributed by atoms with van der Waals surface area (Å²) in [7, 11) is 0. The van der Waals surface area contributed by atoms with Gasteiger partial charge in [0.15, 0.2) is 0 Å². The van der Waals surface area contributed by atoms with Crippen molar-refractivity contribution >= 4 is 23.4 Å². The van der Waals surface area contributed by atoms with Crippen molar-refractivity contribution in [2.45, 2.75) is 25.3 Å². The van der Waals surface area contributed by atoms with E-state index in [1.807, 2.05) is 67.1 Å². The average Bonchev–Trinajstić information content (AvgIpc) is 2.91. The first kappa shape index (κ1) is 17.2. The minimum Gasteiger partial charge on any atom is -0.323 e. The molecule has 1 aromatic carbocycles. The zero-order valence-corrected chi connectivity index (χ0v) is 15.1. The van der Waals surface area contributed by atoms with E-state index in [0.717, 1.165) is 27.8 Å². The number of para-hydroxylation sites is 1. The lowest BCUT2D eigenvalue weighted by Gasteiger charge is -2.07. The Kier molecular flexibility index (Phi) is 5.50. The zero-order valence-electron chi connectivity index (χ0n) is 14.3. The Bertz CT molecular complexity index is 847. The lowest BCUT2D eigenvalue weighted by atomic mass is 10.3. The summed E-state index contributed by atoms with van der Waals surface area (Å²) in [6, 6.07) is 15.7. The fourth-order valence-electron chi connectivity index (χ4n) is 2.53. The Labute approximate surface area is 151 Å². The normalized spacial score (nSPS) is 10.6. The van der Waals surface area contributed by atoms with Crippen molar-refractivity contribution in [2.24, 2.45) is 0 Å². The second-order valence-corrected chi connectivity index (χ2v) is 6.72. The highest BCUT2D eigenvalue weighted by Crippen LogP contribution is 2.23. The molecule has 6 heteroatoms. The van der Waals surface area contributed by atoms with Crippen LogP contribution in [0.4, 0.5) is 5.69 Å². The van der Waals surface area contributed by atoms with Crippen LogP contribution < -0.4 is 5.32 Å². The Morgan fingerprint density at radius 3 is 2.60 bits per heavy atom. The SMILES string of the molecule is Cc1nn(-c2ccccc2)c(C)c1NC(=O)CCSc1ccccn1. The molecule has 5 nitrogen and oxygen atoms in total. The Hall–Kier alpha value is -2.60. The quantitative estimate of drug-likeness (QED) is 0.681. The molecule has 0 radical (unpaired) electrons. The second-order valence-electron chi connectivity index (χ2n) is 5.61. The van der Waals surface area contributed by atoms with Gasteiger partial charge in [-0.1, -0.05) is 24.3 Å². The molecule has 1 amide bonds. The van der Waals surface area contributed by atoms with E-state index in [0.29, 0.717) is 12.2 Å². The number of hydrogen-bond acceptors (Lipinski definition) is 4. The topological polar surface area (TPSA) is 59.8 Å². The predicted molar refractivity (Wildman–Crippen MR) is 101 cm³/mol. The third-order valence-corrected chi connectivity index (χ3v) is 4.72. The van der Waals surface area contributed by atoms with Gasteiger partial charge in [-0.15, -0.1) is 11.8 Å². The molecule has 0 aliphatic heterocycles. The maximum absolute atomic E-state index is 12.3. The van der Waals surface area contributed by atoms with E-state index in [2.05, 4.69) is 15.4 Å². The fraction of sp³-hybridized carbons (Fsp3) is 0.211. The number of carbonyl (C=O) groups is 1. The van der Waals surface area contributed by atoms with Gasteiger partial charge in [-0.2, -0.15) is 5.10 Å². The number of carbonyl (C=O) groups excluding carboxylic acids is 1. The molecule has 0 aliphatic carbocycles. The largest absolute Gasteiger partial charge is 0.323 e. The van der Waals surface area contributed by atoms with Crippen LogP contribution in [0, 0.1) is 13.8 Å². The molecule has 0 bridgehead atoms. The van der Waals surface area contributed by atoms with Crippen molar-refractivity contribution in [1.82, 2.24) is 14.8 Å². The Morgan fingerprint density at radius 1 is 1.12 bits per heavy atom. The van der Waals surface area contributed by atoms with Crippen LogP contribution in [-0.2, 0) is 4.79 Å². The van der Waals surface area contributed by atoms with E-state index in [1.165, 1.54) is 0 Å². The molecular weight excluding hydrogens is 332 g/mol. The molecule has 2 heterocycles. The van der Waals surface area contributed by atoms with Gasteiger partial charge in [0.25, 0.3) is 0 Å². The number of rotatable bonds is 6. The van der Waals surface area contributed by atoms with Crippen LogP contribution in [-0.4, -0.2) is 26.4 Å². The summed E-state index contributed by atoms with van der Waals surface area (Å²) in [6.45, 7) is 3.87. The fourth-order valence-corrected chi connectivity index (χ4v) is 3.33. The number of nitrogens with zero attached hydrogens (tertiary/aromatic N) is 3. The number of pyridine rings is 1. The van der Waals surface area contributed by atoms with E-state index in [9.17, 15) is 4.79 Å². The van der Waals surface area contributed by atoms with Crippen LogP contribution in [0.2, 0.25) is 0 Å². The molecule has 0 spiro atoms. The molecule has 0 saturated carbocycles. The van der Waals surface area contributed by atoms with Gasteiger partial charge in [-0.05, 0) is 38.1 Å². The Balaban J connectivity index is 1.63. The second kappa shape index (κ2) is 7.98. The molecule has 1 N–H and O–H groups in total. The molecule has 25 heavy (non-hydrogen) atoms. The minimum absolute atomic E-state index is 0.0118. The van der Waals surface area contributed by atoms with Gasteiger partial charge in [-0.25, -0.2) is 9.67 Å². The highest BCUT2D eigenvalue weighted by atomic mass is 32.2. The Morgan fingerprint density at radius 2 is 1.88 bits per heavy atom.